The number of ether oxygens (including phenoxy) is 1. The summed E-state index contributed by atoms with van der Waals surface area (Å²) < 4.78 is 7.85. The SMILES string of the molecule is Cc1ccc(-n2c(COc3ccccc3)nnc2S[C@@H](C)C(=O)Nc2ccccc2)cc1. The minimum Gasteiger partial charge on any atom is -0.486 e. The Morgan fingerprint density at radius 3 is 2.31 bits per heavy atom. The van der Waals surface area contributed by atoms with Crippen LogP contribution < -0.4 is 10.1 Å². The van der Waals surface area contributed by atoms with Crippen molar-refractivity contribution in [1.82, 2.24) is 14.8 Å². The molecule has 7 heteroatoms. The average Bonchev–Trinajstić information content (AvgIpc) is 3.22. The zero-order chi connectivity index (χ0) is 22.3. The second-order valence-electron chi connectivity index (χ2n) is 7.29. The third kappa shape index (κ3) is 5.36. The van der Waals surface area contributed by atoms with Crippen molar-refractivity contribution < 1.29 is 9.53 Å². The molecule has 162 valence electrons. The second kappa shape index (κ2) is 10.2. The van der Waals surface area contributed by atoms with Crippen molar-refractivity contribution in [2.45, 2.75) is 30.9 Å². The van der Waals surface area contributed by atoms with E-state index in [0.29, 0.717) is 11.0 Å². The number of nitrogens with one attached hydrogen (secondary N) is 1. The maximum Gasteiger partial charge on any atom is 0.237 e. The summed E-state index contributed by atoms with van der Waals surface area (Å²) in [4.78, 5) is 12.7. The number of aromatic nitrogens is 3. The van der Waals surface area contributed by atoms with Gasteiger partial charge in [-0.05, 0) is 50.2 Å². The van der Waals surface area contributed by atoms with Gasteiger partial charge in [0.2, 0.25) is 5.91 Å². The third-order valence-corrected chi connectivity index (χ3v) is 5.84. The Bertz CT molecular complexity index is 1160. The fourth-order valence-corrected chi connectivity index (χ4v) is 3.95. The number of benzene rings is 3. The lowest BCUT2D eigenvalue weighted by atomic mass is 10.2. The molecule has 0 aliphatic carbocycles. The molecule has 0 saturated carbocycles. The van der Waals surface area contributed by atoms with Crippen LogP contribution in [0.1, 0.15) is 18.3 Å². The number of carbonyl (C=O) groups is 1. The normalized spacial score (nSPS) is 11.7. The third-order valence-electron chi connectivity index (χ3n) is 4.80. The Morgan fingerprint density at radius 1 is 0.969 bits per heavy atom. The first-order chi connectivity index (χ1) is 15.6. The summed E-state index contributed by atoms with van der Waals surface area (Å²) in [6.45, 7) is 4.16. The molecule has 1 aromatic heterocycles. The molecule has 0 saturated heterocycles. The van der Waals surface area contributed by atoms with Gasteiger partial charge in [0.1, 0.15) is 12.4 Å². The number of nitrogens with zero attached hydrogens (tertiary/aromatic N) is 3. The maximum absolute atomic E-state index is 12.7. The van der Waals surface area contributed by atoms with Gasteiger partial charge in [0.05, 0.1) is 5.25 Å². The molecule has 6 nitrogen and oxygen atoms in total. The monoisotopic (exact) mass is 444 g/mol. The smallest absolute Gasteiger partial charge is 0.237 e. The van der Waals surface area contributed by atoms with Crippen LogP contribution in [0.2, 0.25) is 0 Å². The van der Waals surface area contributed by atoms with Crippen molar-refractivity contribution in [2.75, 3.05) is 5.32 Å². The number of thioether (sulfide) groups is 1. The van der Waals surface area contributed by atoms with Crippen molar-refractivity contribution in [3.63, 3.8) is 0 Å². The Balaban J connectivity index is 1.56. The van der Waals surface area contributed by atoms with Crippen molar-refractivity contribution in [3.05, 3.63) is 96.3 Å². The fraction of sp³-hybridized carbons (Fsp3) is 0.160. The number of aryl methyl sites for hydroxylation is 1. The topological polar surface area (TPSA) is 69.0 Å². The van der Waals surface area contributed by atoms with Gasteiger partial charge in [0, 0.05) is 11.4 Å². The molecule has 1 atom stereocenters. The van der Waals surface area contributed by atoms with Crippen LogP contribution >= 0.6 is 11.8 Å². The van der Waals surface area contributed by atoms with Gasteiger partial charge in [-0.15, -0.1) is 10.2 Å². The zero-order valence-electron chi connectivity index (χ0n) is 17.9. The van der Waals surface area contributed by atoms with Gasteiger partial charge in [-0.2, -0.15) is 0 Å². The minimum absolute atomic E-state index is 0.0956. The number of rotatable bonds is 8. The van der Waals surface area contributed by atoms with E-state index in [1.807, 2.05) is 103 Å². The van der Waals surface area contributed by atoms with E-state index in [1.165, 1.54) is 11.8 Å². The number of anilines is 1. The van der Waals surface area contributed by atoms with E-state index in [4.69, 9.17) is 4.74 Å². The van der Waals surface area contributed by atoms with Gasteiger partial charge in [-0.3, -0.25) is 9.36 Å². The molecule has 0 fully saturated rings. The molecule has 0 radical (unpaired) electrons. The van der Waals surface area contributed by atoms with E-state index < -0.39 is 0 Å². The van der Waals surface area contributed by atoms with Crippen LogP contribution in [0, 0.1) is 6.92 Å². The van der Waals surface area contributed by atoms with Gasteiger partial charge in [0.15, 0.2) is 11.0 Å². The largest absolute Gasteiger partial charge is 0.486 e. The summed E-state index contributed by atoms with van der Waals surface area (Å²) in [7, 11) is 0. The Kier molecular flexibility index (Phi) is 6.87. The highest BCUT2D eigenvalue weighted by Crippen LogP contribution is 2.27. The maximum atomic E-state index is 12.7. The lowest BCUT2D eigenvalue weighted by Gasteiger charge is -2.14. The fourth-order valence-electron chi connectivity index (χ4n) is 3.06. The summed E-state index contributed by atoms with van der Waals surface area (Å²) in [6, 6.07) is 27.1. The number of para-hydroxylation sites is 2. The Hall–Kier alpha value is -3.58. The Labute approximate surface area is 191 Å². The second-order valence-corrected chi connectivity index (χ2v) is 8.59. The van der Waals surface area contributed by atoms with Gasteiger partial charge >= 0.3 is 0 Å². The summed E-state index contributed by atoms with van der Waals surface area (Å²) in [5.74, 6) is 1.33. The molecule has 1 heterocycles. The summed E-state index contributed by atoms with van der Waals surface area (Å²) in [6.07, 6.45) is 0. The van der Waals surface area contributed by atoms with Crippen LogP contribution in [0.25, 0.3) is 5.69 Å². The summed E-state index contributed by atoms with van der Waals surface area (Å²) in [5, 5.41) is 11.9. The number of amides is 1. The molecule has 0 aliphatic rings. The van der Waals surface area contributed by atoms with Crippen molar-refractivity contribution in [2.24, 2.45) is 0 Å². The molecule has 0 unspecified atom stereocenters. The molecule has 4 rings (SSSR count). The number of hydrogen-bond donors (Lipinski definition) is 1. The predicted octanol–water partition coefficient (Wildman–Crippen LogP) is 5.27. The zero-order valence-corrected chi connectivity index (χ0v) is 18.8. The van der Waals surface area contributed by atoms with Crippen LogP contribution in [0.4, 0.5) is 5.69 Å². The first kappa shape index (κ1) is 21.6. The van der Waals surface area contributed by atoms with Crippen molar-refractivity contribution in [3.8, 4) is 11.4 Å². The van der Waals surface area contributed by atoms with Gasteiger partial charge in [-0.1, -0.05) is 65.9 Å². The highest BCUT2D eigenvalue weighted by atomic mass is 32.2. The van der Waals surface area contributed by atoms with Gasteiger partial charge < -0.3 is 10.1 Å². The summed E-state index contributed by atoms with van der Waals surface area (Å²) >= 11 is 1.36. The highest BCUT2D eigenvalue weighted by Gasteiger charge is 2.21. The van der Waals surface area contributed by atoms with E-state index in [-0.39, 0.29) is 17.8 Å². The summed E-state index contributed by atoms with van der Waals surface area (Å²) in [5.41, 5.74) is 2.85. The van der Waals surface area contributed by atoms with E-state index >= 15 is 0 Å². The number of hydrogen-bond acceptors (Lipinski definition) is 5. The predicted molar refractivity (Wildman–Crippen MR) is 127 cm³/mol. The molecular formula is C25H24N4O2S. The van der Waals surface area contributed by atoms with Crippen molar-refractivity contribution >= 4 is 23.4 Å². The molecule has 0 spiro atoms. The minimum atomic E-state index is -0.369. The van der Waals surface area contributed by atoms with E-state index in [9.17, 15) is 4.79 Å². The lowest BCUT2D eigenvalue weighted by molar-refractivity contribution is -0.115. The van der Waals surface area contributed by atoms with Crippen LogP contribution in [-0.4, -0.2) is 25.9 Å². The standard InChI is InChI=1S/C25H24N4O2S/c1-18-13-15-21(16-14-18)29-23(17-31-22-11-7-4-8-12-22)27-28-25(29)32-19(2)24(30)26-20-9-5-3-6-10-20/h3-16,19H,17H2,1-2H3,(H,26,30)/t19-/m0/s1. The quantitative estimate of drug-likeness (QED) is 0.375. The highest BCUT2D eigenvalue weighted by molar-refractivity contribution is 8.00. The molecule has 32 heavy (non-hydrogen) atoms. The van der Waals surface area contributed by atoms with E-state index in [1.54, 1.807) is 0 Å². The molecule has 1 N–H and O–H groups in total. The van der Waals surface area contributed by atoms with Gasteiger partial charge in [-0.25, -0.2) is 0 Å². The Morgan fingerprint density at radius 2 is 1.62 bits per heavy atom. The molecule has 1 amide bonds. The lowest BCUT2D eigenvalue weighted by Crippen LogP contribution is -2.23. The van der Waals surface area contributed by atoms with E-state index in [0.717, 1.165) is 22.7 Å². The molecule has 4 aromatic rings. The molecule has 3 aromatic carbocycles. The van der Waals surface area contributed by atoms with Crippen molar-refractivity contribution in [1.29, 1.82) is 0 Å². The first-order valence-electron chi connectivity index (χ1n) is 10.3. The van der Waals surface area contributed by atoms with Crippen LogP contribution in [0.3, 0.4) is 0 Å². The number of carbonyl (C=O) groups excluding carboxylic acids is 1. The van der Waals surface area contributed by atoms with E-state index in [2.05, 4.69) is 15.5 Å². The molecule has 0 bridgehead atoms. The van der Waals surface area contributed by atoms with Crippen LogP contribution in [0.15, 0.2) is 90.1 Å². The van der Waals surface area contributed by atoms with Crippen LogP contribution in [0.5, 0.6) is 5.75 Å². The average molecular weight is 445 g/mol. The molecule has 0 aliphatic heterocycles. The van der Waals surface area contributed by atoms with Gasteiger partial charge in [0.25, 0.3) is 0 Å². The first-order valence-corrected chi connectivity index (χ1v) is 11.2. The van der Waals surface area contributed by atoms with Crippen LogP contribution in [-0.2, 0) is 11.4 Å². The molecular weight excluding hydrogens is 420 g/mol.